The third-order valence-corrected chi connectivity index (χ3v) is 5.76. The molecule has 2 saturated heterocycles. The number of rotatable bonds is 3. The number of anilines is 1. The Balaban J connectivity index is 1.41. The maximum Gasteiger partial charge on any atom is 0.289 e. The van der Waals surface area contributed by atoms with Crippen molar-refractivity contribution in [2.45, 2.75) is 32.7 Å². The van der Waals surface area contributed by atoms with E-state index in [1.54, 1.807) is 17.0 Å². The molecule has 2 aromatic heterocycles. The van der Waals surface area contributed by atoms with Gasteiger partial charge in [-0.05, 0) is 32.8 Å². The molecule has 2 aliphatic rings. The quantitative estimate of drug-likeness (QED) is 0.802. The monoisotopic (exact) mass is 385 g/mol. The molecule has 1 atom stereocenters. The van der Waals surface area contributed by atoms with Crippen molar-refractivity contribution in [1.29, 1.82) is 0 Å². The van der Waals surface area contributed by atoms with Gasteiger partial charge in [-0.25, -0.2) is 0 Å². The first kappa shape index (κ1) is 18.7. The summed E-state index contributed by atoms with van der Waals surface area (Å²) in [6, 6.07) is 3.63. The van der Waals surface area contributed by atoms with Gasteiger partial charge in [0.15, 0.2) is 5.76 Å². The van der Waals surface area contributed by atoms with E-state index in [0.717, 1.165) is 36.5 Å². The number of aryl methyl sites for hydroxylation is 3. The number of carbonyl (C=O) groups excluding carboxylic acids is 2. The van der Waals surface area contributed by atoms with E-state index in [-0.39, 0.29) is 17.9 Å². The molecule has 0 aromatic carbocycles. The van der Waals surface area contributed by atoms with E-state index in [9.17, 15) is 9.59 Å². The Morgan fingerprint density at radius 2 is 1.93 bits per heavy atom. The second kappa shape index (κ2) is 7.43. The normalized spacial score (nSPS) is 21.4. The molecule has 0 spiro atoms. The number of piperidine rings is 1. The van der Waals surface area contributed by atoms with Crippen LogP contribution in [-0.2, 0) is 11.8 Å². The lowest BCUT2D eigenvalue weighted by Gasteiger charge is -2.42. The Labute approximate surface area is 164 Å². The number of aromatic nitrogens is 2. The van der Waals surface area contributed by atoms with Crippen LogP contribution in [-0.4, -0.2) is 70.2 Å². The van der Waals surface area contributed by atoms with Crippen molar-refractivity contribution in [2.24, 2.45) is 7.05 Å². The smallest absolute Gasteiger partial charge is 0.289 e. The zero-order chi connectivity index (χ0) is 19.8. The number of hydrogen-bond acceptors (Lipinski definition) is 5. The maximum absolute atomic E-state index is 13.2. The predicted molar refractivity (Wildman–Crippen MR) is 104 cm³/mol. The van der Waals surface area contributed by atoms with Crippen molar-refractivity contribution >= 4 is 17.6 Å². The van der Waals surface area contributed by atoms with Crippen LogP contribution in [0.5, 0.6) is 0 Å². The minimum absolute atomic E-state index is 0.0656. The van der Waals surface area contributed by atoms with Crippen LogP contribution in [0.4, 0.5) is 5.82 Å². The topological polar surface area (TPSA) is 74.8 Å². The van der Waals surface area contributed by atoms with Crippen molar-refractivity contribution in [3.8, 4) is 0 Å². The van der Waals surface area contributed by atoms with Crippen LogP contribution in [0.25, 0.3) is 0 Å². The first-order valence-corrected chi connectivity index (χ1v) is 9.85. The molecule has 0 unspecified atom stereocenters. The molecule has 0 radical (unpaired) electrons. The average molecular weight is 385 g/mol. The highest BCUT2D eigenvalue weighted by Crippen LogP contribution is 2.25. The molecule has 0 aliphatic carbocycles. The highest BCUT2D eigenvalue weighted by molar-refractivity contribution is 5.97. The predicted octanol–water partition coefficient (Wildman–Crippen LogP) is 1.58. The molecular weight excluding hydrogens is 358 g/mol. The van der Waals surface area contributed by atoms with Gasteiger partial charge < -0.3 is 9.32 Å². The SMILES string of the molecule is Cc1cc(N2CCC[C@@H](N3CCN(C(=O)c4occc4C)CC3)C2=O)n(C)n1. The van der Waals surface area contributed by atoms with Gasteiger partial charge in [0.1, 0.15) is 5.82 Å². The lowest BCUT2D eigenvalue weighted by Crippen LogP contribution is -2.58. The number of nitrogens with zero attached hydrogens (tertiary/aromatic N) is 5. The fourth-order valence-electron chi connectivity index (χ4n) is 4.24. The second-order valence-electron chi connectivity index (χ2n) is 7.68. The summed E-state index contributed by atoms with van der Waals surface area (Å²) in [4.78, 5) is 31.7. The van der Waals surface area contributed by atoms with Gasteiger partial charge in [0.2, 0.25) is 5.91 Å². The summed E-state index contributed by atoms with van der Waals surface area (Å²) >= 11 is 0. The number of amides is 2. The van der Waals surface area contributed by atoms with Crippen LogP contribution in [0.2, 0.25) is 0 Å². The standard InChI is InChI=1S/C20H27N5O3/c1-14-6-12-28-18(14)20(27)24-10-8-23(9-11-24)16-5-4-7-25(19(16)26)17-13-15(2)21-22(17)3/h6,12-13,16H,4-5,7-11H2,1-3H3/t16-/m1/s1. The van der Waals surface area contributed by atoms with Crippen LogP contribution in [0.1, 0.15) is 34.7 Å². The van der Waals surface area contributed by atoms with E-state index in [2.05, 4.69) is 10.00 Å². The Hall–Kier alpha value is -2.61. The first-order valence-electron chi connectivity index (χ1n) is 9.85. The molecule has 2 aromatic rings. The summed E-state index contributed by atoms with van der Waals surface area (Å²) in [5.41, 5.74) is 1.77. The van der Waals surface area contributed by atoms with Crippen molar-refractivity contribution in [2.75, 3.05) is 37.6 Å². The number of piperazine rings is 1. The average Bonchev–Trinajstić information content (AvgIpc) is 3.26. The lowest BCUT2D eigenvalue weighted by atomic mass is 10.0. The van der Waals surface area contributed by atoms with Gasteiger partial charge in [0, 0.05) is 51.4 Å². The largest absolute Gasteiger partial charge is 0.459 e. The third kappa shape index (κ3) is 3.32. The molecule has 2 fully saturated rings. The van der Waals surface area contributed by atoms with E-state index in [1.807, 2.05) is 36.8 Å². The van der Waals surface area contributed by atoms with Crippen molar-refractivity contribution in [1.82, 2.24) is 19.6 Å². The molecule has 0 bridgehead atoms. The van der Waals surface area contributed by atoms with Gasteiger partial charge in [-0.1, -0.05) is 0 Å². The van der Waals surface area contributed by atoms with Gasteiger partial charge >= 0.3 is 0 Å². The van der Waals surface area contributed by atoms with Gasteiger partial charge in [0.25, 0.3) is 5.91 Å². The van der Waals surface area contributed by atoms with E-state index in [4.69, 9.17) is 4.42 Å². The third-order valence-electron chi connectivity index (χ3n) is 5.76. The molecular formula is C20H27N5O3. The fraction of sp³-hybridized carbons (Fsp3) is 0.550. The number of hydrogen-bond donors (Lipinski definition) is 0. The molecule has 2 amide bonds. The van der Waals surface area contributed by atoms with Crippen molar-refractivity contribution < 1.29 is 14.0 Å². The molecule has 28 heavy (non-hydrogen) atoms. The molecule has 4 heterocycles. The fourth-order valence-corrected chi connectivity index (χ4v) is 4.24. The Bertz CT molecular complexity index is 878. The zero-order valence-corrected chi connectivity index (χ0v) is 16.7. The van der Waals surface area contributed by atoms with E-state index < -0.39 is 0 Å². The molecule has 2 aliphatic heterocycles. The summed E-state index contributed by atoms with van der Waals surface area (Å²) in [6.45, 7) is 7.14. The summed E-state index contributed by atoms with van der Waals surface area (Å²) in [6.07, 6.45) is 3.37. The molecule has 8 heteroatoms. The van der Waals surface area contributed by atoms with Crippen LogP contribution < -0.4 is 4.90 Å². The van der Waals surface area contributed by atoms with E-state index >= 15 is 0 Å². The molecule has 0 N–H and O–H groups in total. The van der Waals surface area contributed by atoms with Crippen molar-refractivity contribution in [3.63, 3.8) is 0 Å². The van der Waals surface area contributed by atoms with Crippen LogP contribution >= 0.6 is 0 Å². The van der Waals surface area contributed by atoms with Crippen molar-refractivity contribution in [3.05, 3.63) is 35.4 Å². The van der Waals surface area contributed by atoms with Gasteiger partial charge in [-0.3, -0.25) is 24.1 Å². The maximum atomic E-state index is 13.2. The Morgan fingerprint density at radius 1 is 1.18 bits per heavy atom. The minimum atomic E-state index is -0.133. The number of carbonyl (C=O) groups is 2. The minimum Gasteiger partial charge on any atom is -0.459 e. The molecule has 150 valence electrons. The molecule has 8 nitrogen and oxygen atoms in total. The lowest BCUT2D eigenvalue weighted by molar-refractivity contribution is -0.126. The van der Waals surface area contributed by atoms with Crippen LogP contribution in [0.3, 0.4) is 0 Å². The van der Waals surface area contributed by atoms with Crippen LogP contribution in [0, 0.1) is 13.8 Å². The second-order valence-corrected chi connectivity index (χ2v) is 7.68. The summed E-state index contributed by atoms with van der Waals surface area (Å²) in [5.74, 6) is 1.34. The summed E-state index contributed by atoms with van der Waals surface area (Å²) in [5, 5.41) is 4.38. The zero-order valence-electron chi connectivity index (χ0n) is 16.7. The molecule has 4 rings (SSSR count). The van der Waals surface area contributed by atoms with Gasteiger partial charge in [-0.2, -0.15) is 5.10 Å². The summed E-state index contributed by atoms with van der Waals surface area (Å²) < 4.78 is 7.12. The summed E-state index contributed by atoms with van der Waals surface area (Å²) in [7, 11) is 1.88. The highest BCUT2D eigenvalue weighted by atomic mass is 16.3. The van der Waals surface area contributed by atoms with Gasteiger partial charge in [-0.15, -0.1) is 0 Å². The van der Waals surface area contributed by atoms with Gasteiger partial charge in [0.05, 0.1) is 18.0 Å². The highest BCUT2D eigenvalue weighted by Gasteiger charge is 2.37. The van der Waals surface area contributed by atoms with E-state index in [0.29, 0.717) is 31.9 Å². The first-order chi connectivity index (χ1) is 13.5. The Kier molecular flexibility index (Phi) is 4.97. The number of furan rings is 1. The Morgan fingerprint density at radius 3 is 2.54 bits per heavy atom. The van der Waals surface area contributed by atoms with E-state index in [1.165, 1.54) is 0 Å². The van der Waals surface area contributed by atoms with Crippen LogP contribution in [0.15, 0.2) is 22.8 Å². The molecule has 0 saturated carbocycles.